The predicted molar refractivity (Wildman–Crippen MR) is 160 cm³/mol. The lowest BCUT2D eigenvalue weighted by atomic mass is 9.44. The van der Waals surface area contributed by atoms with E-state index in [0.29, 0.717) is 30.5 Å². The third-order valence-corrected chi connectivity index (χ3v) is 14.5. The largest absolute Gasteiger partial charge is 0.388 e. The van der Waals surface area contributed by atoms with Crippen molar-refractivity contribution in [1.82, 2.24) is 5.32 Å². The van der Waals surface area contributed by atoms with Crippen LogP contribution in [-0.4, -0.2) is 84.5 Å². The summed E-state index contributed by atoms with van der Waals surface area (Å²) in [6.07, 6.45) is 8.15. The van der Waals surface area contributed by atoms with Crippen molar-refractivity contribution in [3.63, 3.8) is 0 Å². The molecule has 2 spiro atoms. The highest BCUT2D eigenvalue weighted by atomic mass is 16.7. The van der Waals surface area contributed by atoms with Gasteiger partial charge in [0.15, 0.2) is 6.29 Å². The van der Waals surface area contributed by atoms with Gasteiger partial charge in [-0.05, 0) is 118 Å². The number of rotatable bonds is 6. The van der Waals surface area contributed by atoms with Gasteiger partial charge in [0, 0.05) is 19.7 Å². The van der Waals surface area contributed by atoms with E-state index in [-0.39, 0.29) is 46.8 Å². The second kappa shape index (κ2) is 9.84. The Balaban J connectivity index is 1.14. The molecule has 2 aliphatic heterocycles. The van der Waals surface area contributed by atoms with E-state index < -0.39 is 23.3 Å². The molecule has 42 heavy (non-hydrogen) atoms. The predicted octanol–water partition coefficient (Wildman–Crippen LogP) is 3.75. The number of hydrogen-bond donors (Lipinski definition) is 4. The Hall–Kier alpha value is -0.320. The fourth-order valence-electron chi connectivity index (χ4n) is 12.6. The zero-order valence-corrected chi connectivity index (χ0v) is 27.0. The molecule has 7 fully saturated rings. The average Bonchev–Trinajstić information content (AvgIpc) is 3.58. The topological polar surface area (TPSA) is 115 Å². The van der Waals surface area contributed by atoms with Crippen LogP contribution >= 0.6 is 0 Å². The normalized spacial score (nSPS) is 53.6. The highest BCUT2D eigenvalue weighted by Crippen LogP contribution is 2.87. The van der Waals surface area contributed by atoms with Crippen LogP contribution in [0, 0.1) is 39.4 Å². The molecule has 7 rings (SSSR count). The van der Waals surface area contributed by atoms with Gasteiger partial charge >= 0.3 is 0 Å². The lowest BCUT2D eigenvalue weighted by molar-refractivity contribution is -0.233. The van der Waals surface area contributed by atoms with Crippen LogP contribution in [0.25, 0.3) is 0 Å². The maximum absolute atomic E-state index is 12.3. The second-order valence-corrected chi connectivity index (χ2v) is 16.8. The Bertz CT molecular complexity index is 1040. The molecule has 0 amide bonds. The fourth-order valence-corrected chi connectivity index (χ4v) is 12.6. The molecule has 5 N–H and O–H groups in total. The van der Waals surface area contributed by atoms with Gasteiger partial charge in [0.2, 0.25) is 0 Å². The lowest BCUT2D eigenvalue weighted by Gasteiger charge is -2.63. The van der Waals surface area contributed by atoms with Crippen molar-refractivity contribution in [1.29, 1.82) is 0 Å². The van der Waals surface area contributed by atoms with Gasteiger partial charge in [0.05, 0.1) is 42.2 Å². The molecule has 8 nitrogen and oxygen atoms in total. The standard InChI is InChI=1S/C34H58N2O6/c1-7-39-28(30(4,5)38)21-9-8-20-26(41-21)27(37)34(35)23-11-10-22-29(2,3)24(42-25-18-36-16-17-40-25)12-13-32(22)19-33(23,32)15-14-31(20,34)6/h20-28,36-38H,7-19,35H2,1-6H3/t20?,21-,22+,23-,24+,25+,26+,27+,28+,31-,32-,33+,34+/m1/s1. The number of ether oxygens (including phenoxy) is 4. The van der Waals surface area contributed by atoms with Crippen molar-refractivity contribution < 1.29 is 29.2 Å². The van der Waals surface area contributed by atoms with Crippen LogP contribution in [0.5, 0.6) is 0 Å². The average molecular weight is 591 g/mol. The first-order valence-corrected chi connectivity index (χ1v) is 17.2. The Kier molecular flexibility index (Phi) is 7.11. The van der Waals surface area contributed by atoms with Gasteiger partial charge < -0.3 is 40.2 Å². The molecule has 5 saturated carbocycles. The summed E-state index contributed by atoms with van der Waals surface area (Å²) < 4.78 is 25.4. The number of hydrogen-bond acceptors (Lipinski definition) is 8. The summed E-state index contributed by atoms with van der Waals surface area (Å²) in [5.41, 5.74) is 6.45. The highest BCUT2D eigenvalue weighted by Gasteiger charge is 2.85. The summed E-state index contributed by atoms with van der Waals surface area (Å²) in [4.78, 5) is 0. The van der Waals surface area contributed by atoms with Crippen LogP contribution in [0.3, 0.4) is 0 Å². The molecule has 5 aliphatic carbocycles. The molecule has 0 bridgehead atoms. The number of nitrogens with two attached hydrogens (primary N) is 1. The molecule has 0 aromatic carbocycles. The zero-order chi connectivity index (χ0) is 29.9. The van der Waals surface area contributed by atoms with Crippen molar-refractivity contribution in [3.05, 3.63) is 0 Å². The molecule has 2 heterocycles. The summed E-state index contributed by atoms with van der Waals surface area (Å²) in [5, 5.41) is 26.6. The molecule has 0 aromatic rings. The van der Waals surface area contributed by atoms with Crippen LogP contribution in [-0.2, 0) is 18.9 Å². The van der Waals surface area contributed by atoms with E-state index in [9.17, 15) is 10.2 Å². The fraction of sp³-hybridized carbons (Fsp3) is 1.00. The first-order chi connectivity index (χ1) is 19.8. The summed E-state index contributed by atoms with van der Waals surface area (Å²) in [6.45, 7) is 15.7. The minimum atomic E-state index is -1.02. The van der Waals surface area contributed by atoms with Gasteiger partial charge in [-0.3, -0.25) is 0 Å². The van der Waals surface area contributed by atoms with E-state index in [4.69, 9.17) is 24.7 Å². The SMILES string of the molecule is CCO[C@@H]([C@H]1CCC2[C@H](O1)[C@H](O)[C@@]1(N)[C@@H]3CC[C@H]4C(C)(C)[C@@H](O[C@H]5CNCCO5)CC[C@@]45C[C@@]35CC[C@]21C)C(C)(C)O. The maximum Gasteiger partial charge on any atom is 0.170 e. The highest BCUT2D eigenvalue weighted by molar-refractivity contribution is 5.35. The molecule has 0 aromatic heterocycles. The molecule has 1 unspecified atom stereocenters. The maximum atomic E-state index is 12.3. The monoisotopic (exact) mass is 590 g/mol. The number of nitrogens with one attached hydrogen (secondary N) is 1. The van der Waals surface area contributed by atoms with Crippen molar-refractivity contribution in [2.24, 2.45) is 45.1 Å². The Labute approximate surface area is 253 Å². The first kappa shape index (κ1) is 30.3. The Morgan fingerprint density at radius 1 is 1.02 bits per heavy atom. The Morgan fingerprint density at radius 2 is 1.76 bits per heavy atom. The minimum absolute atomic E-state index is 0.0695. The molecule has 8 heteroatoms. The van der Waals surface area contributed by atoms with Gasteiger partial charge in [-0.1, -0.05) is 20.8 Å². The second-order valence-electron chi connectivity index (χ2n) is 16.8. The number of morpholine rings is 1. The smallest absolute Gasteiger partial charge is 0.170 e. The molecule has 7 aliphatic rings. The summed E-state index contributed by atoms with van der Waals surface area (Å²) in [7, 11) is 0. The number of aliphatic hydroxyl groups is 2. The third kappa shape index (κ3) is 3.88. The van der Waals surface area contributed by atoms with Gasteiger partial charge in [-0.25, -0.2) is 0 Å². The van der Waals surface area contributed by atoms with Crippen LogP contribution in [0.2, 0.25) is 0 Å². The molecule has 13 atom stereocenters. The van der Waals surface area contributed by atoms with E-state index >= 15 is 0 Å². The summed E-state index contributed by atoms with van der Waals surface area (Å²) >= 11 is 0. The van der Waals surface area contributed by atoms with Gasteiger partial charge in [0.25, 0.3) is 0 Å². The van der Waals surface area contributed by atoms with Crippen molar-refractivity contribution in [3.8, 4) is 0 Å². The first-order valence-electron chi connectivity index (χ1n) is 17.2. The van der Waals surface area contributed by atoms with Crippen LogP contribution in [0.4, 0.5) is 0 Å². The van der Waals surface area contributed by atoms with Gasteiger partial charge in [-0.15, -0.1) is 0 Å². The van der Waals surface area contributed by atoms with Crippen molar-refractivity contribution in [2.75, 3.05) is 26.3 Å². The van der Waals surface area contributed by atoms with E-state index in [0.717, 1.165) is 51.6 Å². The van der Waals surface area contributed by atoms with Crippen molar-refractivity contribution in [2.45, 2.75) is 147 Å². The lowest BCUT2D eigenvalue weighted by Crippen LogP contribution is -2.70. The molecular weight excluding hydrogens is 532 g/mol. The van der Waals surface area contributed by atoms with Crippen LogP contribution in [0.15, 0.2) is 0 Å². The third-order valence-electron chi connectivity index (χ3n) is 14.5. The van der Waals surface area contributed by atoms with E-state index in [2.05, 4.69) is 26.1 Å². The van der Waals surface area contributed by atoms with E-state index in [1.807, 2.05) is 6.92 Å². The molecule has 2 saturated heterocycles. The van der Waals surface area contributed by atoms with Crippen LogP contribution in [0.1, 0.15) is 99.3 Å². The quantitative estimate of drug-likeness (QED) is 0.370. The van der Waals surface area contributed by atoms with Crippen molar-refractivity contribution >= 4 is 0 Å². The molecular formula is C34H58N2O6. The number of aliphatic hydroxyl groups excluding tert-OH is 1. The van der Waals surface area contributed by atoms with Crippen LogP contribution < -0.4 is 11.1 Å². The summed E-state index contributed by atoms with van der Waals surface area (Å²) in [5.74, 6) is 1.13. The van der Waals surface area contributed by atoms with E-state index in [1.54, 1.807) is 13.8 Å². The number of fused-ring (bicyclic) bond motifs is 4. The summed E-state index contributed by atoms with van der Waals surface area (Å²) in [6, 6.07) is 0. The molecule has 0 radical (unpaired) electrons. The van der Waals surface area contributed by atoms with Gasteiger partial charge in [0.1, 0.15) is 6.10 Å². The minimum Gasteiger partial charge on any atom is -0.388 e. The Morgan fingerprint density at radius 3 is 2.45 bits per heavy atom. The zero-order valence-electron chi connectivity index (χ0n) is 27.0. The van der Waals surface area contributed by atoms with Gasteiger partial charge in [-0.2, -0.15) is 0 Å². The van der Waals surface area contributed by atoms with E-state index in [1.165, 1.54) is 19.3 Å². The molecule has 240 valence electrons.